The highest BCUT2D eigenvalue weighted by Crippen LogP contribution is 2.37. The first-order valence-electron chi connectivity index (χ1n) is 8.00. The first kappa shape index (κ1) is 15.6. The molecule has 0 saturated heterocycles. The molecule has 0 radical (unpaired) electrons. The number of rotatable bonds is 2. The van der Waals surface area contributed by atoms with Gasteiger partial charge in [0.25, 0.3) is 0 Å². The smallest absolute Gasteiger partial charge is 0.0782 e. The van der Waals surface area contributed by atoms with Crippen molar-refractivity contribution in [3.8, 4) is 0 Å². The van der Waals surface area contributed by atoms with Crippen molar-refractivity contribution in [3.05, 3.63) is 79.4 Å². The zero-order valence-electron chi connectivity index (χ0n) is 13.1. The predicted molar refractivity (Wildman–Crippen MR) is 119 cm³/mol. The second-order valence-corrected chi connectivity index (χ2v) is 9.87. The molecule has 0 aliphatic heterocycles. The summed E-state index contributed by atoms with van der Waals surface area (Å²) in [4.78, 5) is 0. The summed E-state index contributed by atoms with van der Waals surface area (Å²) in [6.45, 7) is 0. The largest absolute Gasteiger partial charge is 0.121 e. The van der Waals surface area contributed by atoms with Gasteiger partial charge in [-0.3, -0.25) is 0 Å². The molecule has 0 spiro atoms. The Bertz CT molecular complexity index is 1250. The highest BCUT2D eigenvalue weighted by Gasteiger charge is 2.09. The molecule has 120 valence electrons. The molecule has 5 aromatic rings. The van der Waals surface area contributed by atoms with Gasteiger partial charge in [0.2, 0.25) is 0 Å². The summed E-state index contributed by atoms with van der Waals surface area (Å²) in [5.41, 5.74) is 2.45. The van der Waals surface area contributed by atoms with Crippen molar-refractivity contribution in [2.75, 3.05) is 0 Å². The van der Waals surface area contributed by atoms with Gasteiger partial charge in [-0.1, -0.05) is 66.7 Å². The molecule has 0 N–H and O–H groups in total. The van der Waals surface area contributed by atoms with E-state index in [1.165, 1.54) is 43.4 Å². The second-order valence-electron chi connectivity index (χ2n) is 6.12. The highest BCUT2D eigenvalue weighted by atomic mass is 79.9. The summed E-state index contributed by atoms with van der Waals surface area (Å²) in [7, 11) is 0. The number of hydrogen-bond acceptors (Lipinski definition) is 1. The highest BCUT2D eigenvalue weighted by molar-refractivity contribution is 9.12. The molecule has 0 aliphatic rings. The van der Waals surface area contributed by atoms with E-state index in [9.17, 15) is 0 Å². The van der Waals surface area contributed by atoms with Crippen LogP contribution in [-0.4, -0.2) is 0 Å². The zero-order chi connectivity index (χ0) is 17.0. The first-order valence-corrected chi connectivity index (χ1v) is 10.4. The van der Waals surface area contributed by atoms with Crippen molar-refractivity contribution in [2.45, 2.75) is 0 Å². The molecule has 0 bridgehead atoms. The van der Waals surface area contributed by atoms with Gasteiger partial charge in [-0.15, -0.1) is 11.3 Å². The minimum Gasteiger partial charge on any atom is -0.121 e. The van der Waals surface area contributed by atoms with E-state index in [1.807, 2.05) is 0 Å². The van der Waals surface area contributed by atoms with E-state index in [1.54, 1.807) is 11.3 Å². The summed E-state index contributed by atoms with van der Waals surface area (Å²) >= 11 is 8.88. The van der Waals surface area contributed by atoms with Crippen LogP contribution in [-0.2, 0) is 0 Å². The lowest BCUT2D eigenvalue weighted by molar-refractivity contribution is 1.74. The molecule has 0 fully saturated rings. The van der Waals surface area contributed by atoms with Crippen LogP contribution in [0.1, 0.15) is 11.1 Å². The maximum atomic E-state index is 3.63. The fraction of sp³-hybridized carbons (Fsp3) is 0. The Kier molecular flexibility index (Phi) is 3.70. The Morgan fingerprint density at radius 1 is 0.680 bits per heavy atom. The molecule has 0 amide bonds. The van der Waals surface area contributed by atoms with Crippen molar-refractivity contribution in [2.24, 2.45) is 0 Å². The third-order valence-corrected chi connectivity index (χ3v) is 7.07. The number of thiophene rings is 1. The molecule has 1 aromatic heterocycles. The van der Waals surface area contributed by atoms with Gasteiger partial charge in [0.1, 0.15) is 0 Å². The molecular formula is C22H12Br2S. The van der Waals surface area contributed by atoms with Crippen molar-refractivity contribution < 1.29 is 0 Å². The summed E-state index contributed by atoms with van der Waals surface area (Å²) in [6.07, 6.45) is 4.39. The van der Waals surface area contributed by atoms with Gasteiger partial charge in [-0.25, -0.2) is 0 Å². The fourth-order valence-corrected chi connectivity index (χ4v) is 6.30. The van der Waals surface area contributed by atoms with Crippen molar-refractivity contribution in [1.29, 1.82) is 0 Å². The Hall–Kier alpha value is -1.68. The molecule has 0 saturated carbocycles. The SMILES string of the molecule is Brc1cc(/C=C/c2ccc3ccc4cccc5ccc2c3c45)c(Br)s1. The van der Waals surface area contributed by atoms with Crippen molar-refractivity contribution in [1.82, 2.24) is 0 Å². The molecule has 0 atom stereocenters. The van der Waals surface area contributed by atoms with Gasteiger partial charge in [-0.05, 0) is 75.8 Å². The van der Waals surface area contributed by atoms with Crippen LogP contribution in [0.15, 0.2) is 68.2 Å². The van der Waals surface area contributed by atoms with E-state index in [2.05, 4.69) is 105 Å². The number of halogens is 2. The van der Waals surface area contributed by atoms with Crippen LogP contribution in [0.4, 0.5) is 0 Å². The quantitative estimate of drug-likeness (QED) is 0.229. The third-order valence-electron chi connectivity index (χ3n) is 4.69. The minimum absolute atomic E-state index is 1.13. The van der Waals surface area contributed by atoms with Crippen molar-refractivity contribution in [3.63, 3.8) is 0 Å². The Balaban J connectivity index is 1.77. The molecule has 3 heteroatoms. The minimum atomic E-state index is 1.13. The first-order chi connectivity index (χ1) is 12.2. The lowest BCUT2D eigenvalue weighted by Crippen LogP contribution is -1.85. The standard InChI is InChI=1S/C22H12Br2S/c23-19-12-17(22(24)25-19)9-5-13-4-6-16-8-7-14-2-1-3-15-10-11-18(13)21(16)20(14)15/h1-12H/b9-5+. The van der Waals surface area contributed by atoms with E-state index in [-0.39, 0.29) is 0 Å². The Labute approximate surface area is 166 Å². The van der Waals surface area contributed by atoms with E-state index >= 15 is 0 Å². The Morgan fingerprint density at radius 2 is 1.32 bits per heavy atom. The molecule has 5 rings (SSSR count). The van der Waals surface area contributed by atoms with Gasteiger partial charge in [0.15, 0.2) is 0 Å². The predicted octanol–water partition coefficient (Wildman–Crippen LogP) is 8.34. The lowest BCUT2D eigenvalue weighted by atomic mass is 9.92. The van der Waals surface area contributed by atoms with Crippen molar-refractivity contribution >= 4 is 87.7 Å². The maximum absolute atomic E-state index is 3.63. The molecule has 4 aromatic carbocycles. The van der Waals surface area contributed by atoms with Gasteiger partial charge in [0, 0.05) is 5.56 Å². The zero-order valence-corrected chi connectivity index (χ0v) is 17.1. The summed E-state index contributed by atoms with van der Waals surface area (Å²) in [5.74, 6) is 0. The molecule has 0 unspecified atom stereocenters. The van der Waals surface area contributed by atoms with Gasteiger partial charge in [0.05, 0.1) is 7.57 Å². The Morgan fingerprint density at radius 3 is 2.04 bits per heavy atom. The number of benzene rings is 4. The second kappa shape index (κ2) is 5.94. The van der Waals surface area contributed by atoms with Crippen LogP contribution in [0.5, 0.6) is 0 Å². The molecular weight excluding hydrogens is 456 g/mol. The normalized spacial score (nSPS) is 12.2. The molecule has 25 heavy (non-hydrogen) atoms. The lowest BCUT2D eigenvalue weighted by Gasteiger charge is -2.12. The molecule has 0 nitrogen and oxygen atoms in total. The van der Waals surface area contributed by atoms with Gasteiger partial charge >= 0.3 is 0 Å². The monoisotopic (exact) mass is 466 g/mol. The van der Waals surface area contributed by atoms with E-state index in [0.29, 0.717) is 0 Å². The average Bonchev–Trinajstić information content (AvgIpc) is 2.95. The topological polar surface area (TPSA) is 0 Å². The van der Waals surface area contributed by atoms with Crippen LogP contribution >= 0.6 is 43.2 Å². The maximum Gasteiger partial charge on any atom is 0.0782 e. The van der Waals surface area contributed by atoms with Crippen LogP contribution in [0.2, 0.25) is 0 Å². The van der Waals surface area contributed by atoms with Crippen LogP contribution in [0.25, 0.3) is 44.5 Å². The number of hydrogen-bond donors (Lipinski definition) is 0. The van der Waals surface area contributed by atoms with E-state index in [4.69, 9.17) is 0 Å². The summed E-state index contributed by atoms with van der Waals surface area (Å²) in [5, 5.41) is 7.96. The third kappa shape index (κ3) is 2.53. The van der Waals surface area contributed by atoms with Crippen LogP contribution < -0.4 is 0 Å². The van der Waals surface area contributed by atoms with Gasteiger partial charge < -0.3 is 0 Å². The van der Waals surface area contributed by atoms with Crippen LogP contribution in [0, 0.1) is 0 Å². The molecule has 1 heterocycles. The van der Waals surface area contributed by atoms with Crippen LogP contribution in [0.3, 0.4) is 0 Å². The molecule has 0 aliphatic carbocycles. The fourth-order valence-electron chi connectivity index (χ4n) is 3.55. The summed E-state index contributed by atoms with van der Waals surface area (Å²) < 4.78 is 2.28. The van der Waals surface area contributed by atoms with E-state index in [0.717, 1.165) is 7.57 Å². The summed E-state index contributed by atoms with van der Waals surface area (Å²) in [6, 6.07) is 22.0. The van der Waals surface area contributed by atoms with Gasteiger partial charge in [-0.2, -0.15) is 0 Å². The van der Waals surface area contributed by atoms with E-state index < -0.39 is 0 Å². The average molecular weight is 468 g/mol.